The number of likely N-dealkylation sites (N-methyl/N-ethyl adjacent to an activating group) is 1. The quantitative estimate of drug-likeness (QED) is 0.630. The van der Waals surface area contributed by atoms with Crippen LogP contribution in [0, 0.1) is 0 Å². The Balaban J connectivity index is 0.00000289. The lowest BCUT2D eigenvalue weighted by atomic mass is 10.0. The summed E-state index contributed by atoms with van der Waals surface area (Å²) in [5, 5.41) is 1.67. The number of amides is 2. The monoisotopic (exact) mass is 498 g/mol. The van der Waals surface area contributed by atoms with Crippen LogP contribution in [0.15, 0.2) is 24.3 Å². The Morgan fingerprint density at radius 3 is 2.44 bits per heavy atom. The summed E-state index contributed by atoms with van der Waals surface area (Å²) in [6.07, 6.45) is 2.42. The predicted molar refractivity (Wildman–Crippen MR) is 134 cm³/mol. The average Bonchev–Trinajstić information content (AvgIpc) is 3.20. The fourth-order valence-corrected chi connectivity index (χ4v) is 5.86. The maximum atomic E-state index is 13.1. The zero-order chi connectivity index (χ0) is 22.0. The van der Waals surface area contributed by atoms with Gasteiger partial charge in [-0.15, -0.1) is 23.7 Å². The molecule has 0 atom stereocenters. The predicted octanol–water partition coefficient (Wildman–Crippen LogP) is 3.68. The molecule has 0 radical (unpaired) electrons. The van der Waals surface area contributed by atoms with Crippen molar-refractivity contribution in [3.8, 4) is 0 Å². The van der Waals surface area contributed by atoms with Crippen LogP contribution < -0.4 is 0 Å². The molecule has 1 aromatic heterocycles. The third-order valence-electron chi connectivity index (χ3n) is 6.56. The van der Waals surface area contributed by atoms with Crippen LogP contribution in [0.3, 0.4) is 0 Å². The third-order valence-corrected chi connectivity index (χ3v) is 7.88. The van der Waals surface area contributed by atoms with Crippen LogP contribution in [0.4, 0.5) is 0 Å². The summed E-state index contributed by atoms with van der Waals surface area (Å²) in [4.78, 5) is 35.1. The molecule has 0 unspecified atom stereocenters. The number of carbonyl (C=O) groups excluding carboxylic acids is 2. The Kier molecular flexibility index (Phi) is 8.81. The van der Waals surface area contributed by atoms with Crippen molar-refractivity contribution in [1.29, 1.82) is 0 Å². The van der Waals surface area contributed by atoms with E-state index >= 15 is 0 Å². The lowest BCUT2D eigenvalue weighted by Gasteiger charge is -2.42. The minimum Gasteiger partial charge on any atom is -0.339 e. The summed E-state index contributed by atoms with van der Waals surface area (Å²) >= 11 is 7.51. The Hall–Kier alpha value is -1.38. The van der Waals surface area contributed by atoms with Crippen LogP contribution in [-0.2, 0) is 4.79 Å². The first-order valence-corrected chi connectivity index (χ1v) is 12.3. The highest BCUT2D eigenvalue weighted by Gasteiger charge is 2.29. The molecule has 2 aliphatic rings. The van der Waals surface area contributed by atoms with E-state index in [2.05, 4.69) is 16.8 Å². The first-order chi connectivity index (χ1) is 14.9. The standard InChI is InChI=1S/C23H31ClN4O2S.ClH/c1-3-26(23(30)21-14-17-4-5-18(24)15-20(17)31-21)16-22(29)28-12-10-27(11-13-28)19-6-8-25(2)9-7-19;/h4-5,14-15,19H,3,6-13,16H2,1-2H3;1H. The van der Waals surface area contributed by atoms with Crippen LogP contribution in [0.25, 0.3) is 10.1 Å². The SMILES string of the molecule is CCN(CC(=O)N1CCN(C2CCN(C)CC2)CC1)C(=O)c1cc2ccc(Cl)cc2s1.Cl. The van der Waals surface area contributed by atoms with E-state index in [4.69, 9.17) is 11.6 Å². The van der Waals surface area contributed by atoms with Crippen LogP contribution in [0.1, 0.15) is 29.4 Å². The average molecular weight is 500 g/mol. The first kappa shape index (κ1) is 25.2. The molecule has 1 aromatic carbocycles. The molecular formula is C23H32Cl2N4O2S. The molecule has 0 saturated carbocycles. The number of hydrogen-bond donors (Lipinski definition) is 0. The second-order valence-electron chi connectivity index (χ2n) is 8.56. The van der Waals surface area contributed by atoms with E-state index < -0.39 is 0 Å². The van der Waals surface area contributed by atoms with Crippen molar-refractivity contribution in [2.45, 2.75) is 25.8 Å². The van der Waals surface area contributed by atoms with E-state index in [0.29, 0.717) is 22.5 Å². The second kappa shape index (κ2) is 11.2. The van der Waals surface area contributed by atoms with E-state index in [1.54, 1.807) is 4.90 Å². The van der Waals surface area contributed by atoms with E-state index in [0.717, 1.165) is 49.4 Å². The minimum absolute atomic E-state index is 0. The van der Waals surface area contributed by atoms with Crippen molar-refractivity contribution >= 4 is 57.2 Å². The molecule has 176 valence electrons. The van der Waals surface area contributed by atoms with Gasteiger partial charge in [-0.2, -0.15) is 0 Å². The lowest BCUT2D eigenvalue weighted by molar-refractivity contribution is -0.134. The van der Waals surface area contributed by atoms with E-state index in [9.17, 15) is 9.59 Å². The number of fused-ring (bicyclic) bond motifs is 1. The maximum absolute atomic E-state index is 13.1. The number of piperidine rings is 1. The number of rotatable bonds is 5. The largest absolute Gasteiger partial charge is 0.339 e. The number of hydrogen-bond acceptors (Lipinski definition) is 5. The van der Waals surface area contributed by atoms with Gasteiger partial charge >= 0.3 is 0 Å². The summed E-state index contributed by atoms with van der Waals surface area (Å²) in [5.74, 6) is -0.0412. The zero-order valence-corrected chi connectivity index (χ0v) is 21.1. The van der Waals surface area contributed by atoms with E-state index in [1.807, 2.05) is 36.1 Å². The summed E-state index contributed by atoms with van der Waals surface area (Å²) in [5.41, 5.74) is 0. The molecule has 0 N–H and O–H groups in total. The second-order valence-corrected chi connectivity index (χ2v) is 10.1. The number of piperazine rings is 1. The smallest absolute Gasteiger partial charge is 0.264 e. The number of nitrogens with zero attached hydrogens (tertiary/aromatic N) is 4. The van der Waals surface area contributed by atoms with Crippen LogP contribution in [-0.4, -0.2) is 96.9 Å². The van der Waals surface area contributed by atoms with Gasteiger partial charge in [-0.1, -0.05) is 17.7 Å². The molecule has 2 aliphatic heterocycles. The molecule has 2 amide bonds. The summed E-state index contributed by atoms with van der Waals surface area (Å²) in [6.45, 7) is 8.23. The van der Waals surface area contributed by atoms with Gasteiger partial charge in [-0.25, -0.2) is 0 Å². The van der Waals surface area contributed by atoms with Gasteiger partial charge in [-0.3, -0.25) is 14.5 Å². The highest BCUT2D eigenvalue weighted by molar-refractivity contribution is 7.20. The normalized spacial score (nSPS) is 18.5. The first-order valence-electron chi connectivity index (χ1n) is 11.1. The van der Waals surface area contributed by atoms with E-state index in [-0.39, 0.29) is 30.8 Å². The summed E-state index contributed by atoms with van der Waals surface area (Å²) < 4.78 is 0.989. The number of thiophene rings is 1. The van der Waals surface area contributed by atoms with Crippen molar-refractivity contribution in [3.63, 3.8) is 0 Å². The Morgan fingerprint density at radius 1 is 1.09 bits per heavy atom. The van der Waals surface area contributed by atoms with Crippen molar-refractivity contribution in [3.05, 3.63) is 34.2 Å². The molecule has 9 heteroatoms. The molecule has 4 rings (SSSR count). The third kappa shape index (κ3) is 5.75. The fourth-order valence-electron chi connectivity index (χ4n) is 4.55. The van der Waals surface area contributed by atoms with E-state index in [1.165, 1.54) is 24.2 Å². The van der Waals surface area contributed by atoms with Crippen molar-refractivity contribution in [2.24, 2.45) is 0 Å². The van der Waals surface area contributed by atoms with Gasteiger partial charge in [0.05, 0.1) is 4.88 Å². The Morgan fingerprint density at radius 2 is 1.78 bits per heavy atom. The van der Waals surface area contributed by atoms with Gasteiger partial charge in [0.2, 0.25) is 5.91 Å². The zero-order valence-electron chi connectivity index (χ0n) is 18.8. The number of halogens is 2. The van der Waals surface area contributed by atoms with Gasteiger partial charge in [-0.05, 0) is 63.5 Å². The van der Waals surface area contributed by atoms with Gasteiger partial charge in [0.1, 0.15) is 6.54 Å². The van der Waals surface area contributed by atoms with Gasteiger partial charge < -0.3 is 14.7 Å². The Labute approximate surface area is 205 Å². The van der Waals surface area contributed by atoms with Crippen LogP contribution >= 0.6 is 35.3 Å². The van der Waals surface area contributed by atoms with Crippen LogP contribution in [0.5, 0.6) is 0 Å². The Bertz CT molecular complexity index is 937. The van der Waals surface area contributed by atoms with Gasteiger partial charge in [0.15, 0.2) is 0 Å². The number of likely N-dealkylation sites (tertiary alicyclic amines) is 1. The van der Waals surface area contributed by atoms with Crippen molar-refractivity contribution in [1.82, 2.24) is 19.6 Å². The van der Waals surface area contributed by atoms with Gasteiger partial charge in [0.25, 0.3) is 5.91 Å². The highest BCUT2D eigenvalue weighted by Crippen LogP contribution is 2.29. The topological polar surface area (TPSA) is 47.1 Å². The molecule has 3 heterocycles. The molecule has 2 fully saturated rings. The fraction of sp³-hybridized carbons (Fsp3) is 0.565. The molecular weight excluding hydrogens is 467 g/mol. The molecule has 0 aliphatic carbocycles. The lowest BCUT2D eigenvalue weighted by Crippen LogP contribution is -2.55. The maximum Gasteiger partial charge on any atom is 0.264 e. The number of carbonyl (C=O) groups is 2. The van der Waals surface area contributed by atoms with Gasteiger partial charge in [0, 0.05) is 48.5 Å². The van der Waals surface area contributed by atoms with Crippen molar-refractivity contribution < 1.29 is 9.59 Å². The molecule has 6 nitrogen and oxygen atoms in total. The van der Waals surface area contributed by atoms with Crippen LogP contribution in [0.2, 0.25) is 5.02 Å². The number of benzene rings is 1. The molecule has 2 saturated heterocycles. The van der Waals surface area contributed by atoms with Crippen molar-refractivity contribution in [2.75, 3.05) is 59.4 Å². The summed E-state index contributed by atoms with van der Waals surface area (Å²) in [6, 6.07) is 8.17. The molecule has 32 heavy (non-hydrogen) atoms. The molecule has 2 aromatic rings. The molecule has 0 bridgehead atoms. The highest BCUT2D eigenvalue weighted by atomic mass is 35.5. The summed E-state index contributed by atoms with van der Waals surface area (Å²) in [7, 11) is 2.18. The molecule has 0 spiro atoms. The minimum atomic E-state index is -0.0851.